The average molecular weight is 769 g/mol. The number of aliphatic hydroxyl groups excluding tert-OH is 2. The van der Waals surface area contributed by atoms with Crippen LogP contribution < -0.4 is 10.6 Å². The van der Waals surface area contributed by atoms with Crippen LogP contribution in [0.2, 0.25) is 0 Å². The fraction of sp³-hybridized carbons (Fsp3) is 0.864. The standard InChI is InChI=1S/C9H18N2O6.2C6H16N2.CHNS.3Cu.2H2O/c1-9(2,3-10-5(12)7(14)15)4-11-6(13)8(16)17;2*1-7(2)5-6-8(3)4;2-1-3;;;;;/h7-8,14-17H,3-4H2,1-2H3,(H,10,12)(H,11,13);2*5-6H2,1-4H3;3H;;;;2*1H2/q;;;;;+1;+2;;/p+1. The van der Waals surface area contributed by atoms with Gasteiger partial charge in [0.2, 0.25) is 12.6 Å². The monoisotopic (exact) mass is 767 g/mol. The van der Waals surface area contributed by atoms with E-state index in [1.807, 2.05) is 0 Å². The van der Waals surface area contributed by atoms with Gasteiger partial charge in [-0.1, -0.05) is 19.2 Å². The Bertz CT molecular complexity index is 546. The number of aliphatic hydroxyl groups is 4. The molecule has 262 valence electrons. The van der Waals surface area contributed by atoms with Crippen molar-refractivity contribution < 1.29 is 92.2 Å². The molecule has 0 aromatic heterocycles. The van der Waals surface area contributed by atoms with Crippen molar-refractivity contribution in [2.75, 3.05) is 95.6 Å². The van der Waals surface area contributed by atoms with Gasteiger partial charge in [0, 0.05) is 56.3 Å². The molecule has 0 aromatic rings. The quantitative estimate of drug-likeness (QED) is 0.0361. The van der Waals surface area contributed by atoms with Gasteiger partial charge in [0.05, 0.1) is 0 Å². The van der Waals surface area contributed by atoms with Gasteiger partial charge in [0.1, 0.15) is 0 Å². The van der Waals surface area contributed by atoms with E-state index in [0.717, 1.165) is 26.2 Å². The van der Waals surface area contributed by atoms with E-state index in [2.05, 4.69) is 99.2 Å². The van der Waals surface area contributed by atoms with Crippen molar-refractivity contribution in [3.8, 4) is 5.40 Å². The summed E-state index contributed by atoms with van der Waals surface area (Å²) in [6.07, 6.45) is -4.17. The molecule has 0 rings (SSSR count). The number of hydrogen-bond donors (Lipinski definition) is 6. The molecule has 15 nitrogen and oxygen atoms in total. The summed E-state index contributed by atoms with van der Waals surface area (Å²) < 4.78 is 0. The summed E-state index contributed by atoms with van der Waals surface area (Å²) >= 11 is 3.70. The zero-order chi connectivity index (χ0) is 29.5. The van der Waals surface area contributed by atoms with Crippen LogP contribution in [0.5, 0.6) is 0 Å². The minimum atomic E-state index is -2.08. The second-order valence-electron chi connectivity index (χ2n) is 9.65. The third kappa shape index (κ3) is 64.0. The third-order valence-electron chi connectivity index (χ3n) is 3.94. The number of rotatable bonds is 12. The van der Waals surface area contributed by atoms with E-state index in [1.54, 1.807) is 13.8 Å². The molecule has 41 heavy (non-hydrogen) atoms. The Morgan fingerprint density at radius 3 is 1.02 bits per heavy atom. The smallest absolute Gasteiger partial charge is 0.696 e. The SMILES string of the molecule is CC(C)(CNC(=O)C(O)O)CNC(=O)C(O)O.CN(C)CCN(C)C.CN(C)CCN(C)C.N#C[S-].[Cu+2].[Cu+].[Cu].[OH3+].[OH3+]. The van der Waals surface area contributed by atoms with Gasteiger partial charge in [-0.25, -0.2) is 5.26 Å². The van der Waals surface area contributed by atoms with Gasteiger partial charge >= 0.3 is 34.1 Å². The molecule has 0 aliphatic rings. The molecule has 2 amide bonds. The van der Waals surface area contributed by atoms with Crippen LogP contribution in [0.15, 0.2) is 0 Å². The maximum Gasteiger partial charge on any atom is 2.00 e. The van der Waals surface area contributed by atoms with E-state index in [-0.39, 0.29) is 75.2 Å². The van der Waals surface area contributed by atoms with Gasteiger partial charge in [-0.2, -0.15) is 0 Å². The number of nitrogens with one attached hydrogen (secondary N) is 2. The number of nitriles is 1. The predicted molar refractivity (Wildman–Crippen MR) is 153 cm³/mol. The molecular weight excluding hydrogens is 713 g/mol. The molecule has 12 N–H and O–H groups in total. The molecular formula is C22H56Cu3N7O8S+4. The van der Waals surface area contributed by atoms with Crippen LogP contribution in [0.1, 0.15) is 13.8 Å². The largest absolute Gasteiger partial charge is 2.00 e. The summed E-state index contributed by atoms with van der Waals surface area (Å²) in [5.41, 5.74) is -0.574. The minimum Gasteiger partial charge on any atom is -0.696 e. The van der Waals surface area contributed by atoms with Crippen LogP contribution in [0, 0.1) is 16.1 Å². The van der Waals surface area contributed by atoms with Gasteiger partial charge in [-0.05, 0) is 61.8 Å². The molecule has 0 spiro atoms. The zero-order valence-corrected chi connectivity index (χ0v) is 29.3. The van der Waals surface area contributed by atoms with E-state index in [0.29, 0.717) is 0 Å². The first-order valence-corrected chi connectivity index (χ1v) is 11.6. The number of carbonyl (C=O) groups is 2. The van der Waals surface area contributed by atoms with Crippen LogP contribution in [-0.4, -0.2) is 160 Å². The van der Waals surface area contributed by atoms with Gasteiger partial charge in [0.25, 0.3) is 11.8 Å². The summed E-state index contributed by atoms with van der Waals surface area (Å²) in [6.45, 7) is 8.15. The number of likely N-dealkylation sites (N-methyl/N-ethyl adjacent to an activating group) is 4. The number of hydrogen-bond acceptors (Lipinski definition) is 12. The molecule has 2 radical (unpaired) electrons. The summed E-state index contributed by atoms with van der Waals surface area (Å²) in [5, 5.41) is 47.1. The molecule has 0 fully saturated rings. The van der Waals surface area contributed by atoms with Crippen molar-refractivity contribution in [1.82, 2.24) is 30.2 Å². The molecule has 0 aromatic carbocycles. The zero-order valence-electron chi connectivity index (χ0n) is 25.7. The predicted octanol–water partition coefficient (Wildman–Crippen LogP) is -4.75. The van der Waals surface area contributed by atoms with E-state index >= 15 is 0 Å². The fourth-order valence-corrected chi connectivity index (χ4v) is 1.70. The van der Waals surface area contributed by atoms with Gasteiger partial charge in [-0.15, -0.1) is 0 Å². The van der Waals surface area contributed by atoms with Crippen LogP contribution in [0.4, 0.5) is 0 Å². The Balaban J connectivity index is -0.0000000523. The Labute approximate surface area is 283 Å². The van der Waals surface area contributed by atoms with E-state index in [4.69, 9.17) is 25.7 Å². The van der Waals surface area contributed by atoms with Gasteiger partial charge in [-0.3, -0.25) is 9.59 Å². The summed E-state index contributed by atoms with van der Waals surface area (Å²) in [6, 6.07) is 0. The first kappa shape index (κ1) is 63.9. The summed E-state index contributed by atoms with van der Waals surface area (Å²) in [7, 11) is 16.7. The molecule has 0 heterocycles. The normalized spacial score (nSPS) is 9.44. The Hall–Kier alpha value is -0.192. The molecule has 0 aliphatic heterocycles. The van der Waals surface area contributed by atoms with Crippen LogP contribution in [-0.2, 0) is 84.4 Å². The van der Waals surface area contributed by atoms with Crippen molar-refractivity contribution in [2.45, 2.75) is 26.4 Å². The second kappa shape index (κ2) is 39.8. The van der Waals surface area contributed by atoms with Crippen molar-refractivity contribution in [2.24, 2.45) is 5.41 Å². The van der Waals surface area contributed by atoms with Crippen LogP contribution >= 0.6 is 0 Å². The number of amides is 2. The van der Waals surface area contributed by atoms with E-state index in [9.17, 15) is 9.59 Å². The maximum absolute atomic E-state index is 10.9. The number of nitrogens with zero attached hydrogens (tertiary/aromatic N) is 5. The second-order valence-corrected chi connectivity index (χ2v) is 9.83. The molecule has 0 bridgehead atoms. The minimum absolute atomic E-state index is 0. The first-order valence-electron chi connectivity index (χ1n) is 11.2. The number of carbonyl (C=O) groups excluding carboxylic acids is 2. The van der Waals surface area contributed by atoms with Gasteiger partial charge < -0.3 is 74.2 Å². The third-order valence-corrected chi connectivity index (χ3v) is 3.94. The van der Waals surface area contributed by atoms with Crippen LogP contribution in [0.3, 0.4) is 0 Å². The Morgan fingerprint density at radius 1 is 0.732 bits per heavy atom. The topological polar surface area (TPSA) is 242 Å². The van der Waals surface area contributed by atoms with E-state index in [1.165, 1.54) is 5.40 Å². The summed E-state index contributed by atoms with van der Waals surface area (Å²) in [5.74, 6) is -1.88. The Morgan fingerprint density at radius 2 is 0.902 bits per heavy atom. The molecule has 0 saturated heterocycles. The van der Waals surface area contributed by atoms with Crippen molar-refractivity contribution in [3.63, 3.8) is 0 Å². The molecule has 19 heteroatoms. The maximum atomic E-state index is 10.9. The number of thiocyanates is 1. The molecule has 0 atom stereocenters. The summed E-state index contributed by atoms with van der Waals surface area (Å²) in [4.78, 5) is 30.4. The molecule has 0 unspecified atom stereocenters. The van der Waals surface area contributed by atoms with E-state index < -0.39 is 29.8 Å². The fourth-order valence-electron chi connectivity index (χ4n) is 1.70. The van der Waals surface area contributed by atoms with Crippen molar-refractivity contribution in [1.29, 1.82) is 5.26 Å². The van der Waals surface area contributed by atoms with Gasteiger partial charge in [0.15, 0.2) is 0 Å². The van der Waals surface area contributed by atoms with Crippen LogP contribution in [0.25, 0.3) is 0 Å². The molecule has 0 saturated carbocycles. The average Bonchev–Trinajstić information content (AvgIpc) is 2.74. The van der Waals surface area contributed by atoms with Crippen molar-refractivity contribution >= 4 is 24.4 Å². The molecule has 0 aliphatic carbocycles. The first-order chi connectivity index (χ1) is 16.3. The Kier molecular flexibility index (Phi) is 62.1. The van der Waals surface area contributed by atoms with Crippen molar-refractivity contribution in [3.05, 3.63) is 0 Å².